The summed E-state index contributed by atoms with van der Waals surface area (Å²) in [6.07, 6.45) is 1.59. The molecule has 0 spiro atoms. The van der Waals surface area contributed by atoms with Crippen molar-refractivity contribution in [3.63, 3.8) is 0 Å². The van der Waals surface area contributed by atoms with Gasteiger partial charge in [0.1, 0.15) is 0 Å². The first-order chi connectivity index (χ1) is 7.24. The predicted octanol–water partition coefficient (Wildman–Crippen LogP) is 1.94. The molecule has 0 radical (unpaired) electrons. The summed E-state index contributed by atoms with van der Waals surface area (Å²) in [5.74, 6) is -0.641. The van der Waals surface area contributed by atoms with Crippen LogP contribution in [0.2, 0.25) is 0 Å². The van der Waals surface area contributed by atoms with Crippen molar-refractivity contribution < 1.29 is 14.6 Å². The van der Waals surface area contributed by atoms with Gasteiger partial charge >= 0.3 is 5.97 Å². The number of aromatic nitrogens is 1. The van der Waals surface area contributed by atoms with Gasteiger partial charge in [-0.1, -0.05) is 12.1 Å². The highest BCUT2D eigenvalue weighted by atomic mass is 16.5. The number of rotatable bonds is 2. The van der Waals surface area contributed by atoms with Crippen molar-refractivity contribution in [2.45, 2.75) is 0 Å². The molecule has 0 amide bonds. The number of nitrogens with zero attached hydrogens (tertiary/aromatic N) is 1. The number of aromatic carboxylic acids is 1. The van der Waals surface area contributed by atoms with Gasteiger partial charge in [0.15, 0.2) is 0 Å². The number of methoxy groups -OCH3 is 1. The molecule has 1 aromatic carbocycles. The zero-order valence-corrected chi connectivity index (χ0v) is 8.10. The van der Waals surface area contributed by atoms with Crippen molar-refractivity contribution in [3.05, 3.63) is 36.0 Å². The Bertz CT molecular complexity index is 517. The van der Waals surface area contributed by atoms with Gasteiger partial charge in [-0.3, -0.25) is 0 Å². The molecular weight excluding hydrogens is 194 g/mol. The molecule has 76 valence electrons. The van der Waals surface area contributed by atoms with Gasteiger partial charge in [-0.05, 0) is 17.5 Å². The fourth-order valence-corrected chi connectivity index (χ4v) is 1.53. The Balaban J connectivity index is 2.87. The van der Waals surface area contributed by atoms with Gasteiger partial charge in [-0.25, -0.2) is 9.78 Å². The molecule has 1 N–H and O–H groups in total. The highest BCUT2D eigenvalue weighted by molar-refractivity contribution is 6.05. The van der Waals surface area contributed by atoms with Crippen molar-refractivity contribution in [1.29, 1.82) is 0 Å². The number of carboxylic acids is 1. The highest BCUT2D eigenvalue weighted by Gasteiger charge is 2.12. The third-order valence-electron chi connectivity index (χ3n) is 2.18. The normalized spacial score (nSPS) is 10.2. The maximum atomic E-state index is 11.0. The Morgan fingerprint density at radius 1 is 1.40 bits per heavy atom. The molecule has 1 aromatic heterocycles. The summed E-state index contributed by atoms with van der Waals surface area (Å²) in [6, 6.07) is 6.82. The molecule has 2 rings (SSSR count). The van der Waals surface area contributed by atoms with Crippen LogP contribution in [0.3, 0.4) is 0 Å². The number of carbonyl (C=O) groups is 1. The molecule has 2 aromatic rings. The number of fused-ring (bicyclic) bond motifs is 1. The standard InChI is InChI=1S/C11H9NO3/c1-15-10-9-7(5-6-12-10)3-2-4-8(9)11(13)14/h2-6H,1H3,(H,13,14). The van der Waals surface area contributed by atoms with Gasteiger partial charge in [0.25, 0.3) is 0 Å². The highest BCUT2D eigenvalue weighted by Crippen LogP contribution is 2.26. The predicted molar refractivity (Wildman–Crippen MR) is 55.3 cm³/mol. The Kier molecular flexibility index (Phi) is 2.25. The molecule has 4 nitrogen and oxygen atoms in total. The van der Waals surface area contributed by atoms with E-state index in [9.17, 15) is 4.79 Å². The van der Waals surface area contributed by atoms with E-state index in [1.165, 1.54) is 13.2 Å². The van der Waals surface area contributed by atoms with E-state index in [2.05, 4.69) is 4.98 Å². The van der Waals surface area contributed by atoms with Crippen LogP contribution in [0.5, 0.6) is 5.88 Å². The average Bonchev–Trinajstić information content (AvgIpc) is 2.27. The van der Waals surface area contributed by atoms with Crippen LogP contribution < -0.4 is 4.74 Å². The number of benzene rings is 1. The summed E-state index contributed by atoms with van der Waals surface area (Å²) < 4.78 is 5.04. The van der Waals surface area contributed by atoms with Crippen LogP contribution in [-0.2, 0) is 0 Å². The minimum atomic E-state index is -0.980. The molecule has 0 aliphatic carbocycles. The Hall–Kier alpha value is -2.10. The molecule has 1 heterocycles. The topological polar surface area (TPSA) is 59.4 Å². The number of hydrogen-bond donors (Lipinski definition) is 1. The maximum Gasteiger partial charge on any atom is 0.336 e. The maximum absolute atomic E-state index is 11.0. The summed E-state index contributed by atoms with van der Waals surface area (Å²) in [7, 11) is 1.47. The number of hydrogen-bond acceptors (Lipinski definition) is 3. The smallest absolute Gasteiger partial charge is 0.336 e. The summed E-state index contributed by atoms with van der Waals surface area (Å²) in [5, 5.41) is 10.4. The Morgan fingerprint density at radius 3 is 2.87 bits per heavy atom. The van der Waals surface area contributed by atoms with Crippen molar-refractivity contribution in [2.75, 3.05) is 7.11 Å². The van der Waals surface area contributed by atoms with E-state index in [0.29, 0.717) is 11.3 Å². The molecule has 0 saturated heterocycles. The van der Waals surface area contributed by atoms with Crippen LogP contribution in [0.4, 0.5) is 0 Å². The van der Waals surface area contributed by atoms with E-state index >= 15 is 0 Å². The van der Waals surface area contributed by atoms with Crippen molar-refractivity contribution in [2.24, 2.45) is 0 Å². The van der Waals surface area contributed by atoms with Crippen molar-refractivity contribution >= 4 is 16.7 Å². The molecule has 0 saturated carbocycles. The zero-order valence-electron chi connectivity index (χ0n) is 8.10. The van der Waals surface area contributed by atoms with Gasteiger partial charge in [0.05, 0.1) is 18.1 Å². The van der Waals surface area contributed by atoms with E-state index in [1.54, 1.807) is 18.3 Å². The number of ether oxygens (including phenoxy) is 1. The van der Waals surface area contributed by atoms with Gasteiger partial charge in [0, 0.05) is 6.20 Å². The zero-order chi connectivity index (χ0) is 10.8. The third kappa shape index (κ3) is 1.50. The van der Waals surface area contributed by atoms with Crippen LogP contribution in [0, 0.1) is 0 Å². The molecule has 0 aliphatic rings. The summed E-state index contributed by atoms with van der Waals surface area (Å²) in [4.78, 5) is 15.0. The van der Waals surface area contributed by atoms with Gasteiger partial charge in [-0.15, -0.1) is 0 Å². The minimum absolute atomic E-state index is 0.206. The number of pyridine rings is 1. The summed E-state index contributed by atoms with van der Waals surface area (Å²) >= 11 is 0. The van der Waals surface area contributed by atoms with Gasteiger partial charge in [0.2, 0.25) is 5.88 Å². The van der Waals surface area contributed by atoms with E-state index < -0.39 is 5.97 Å². The van der Waals surface area contributed by atoms with Gasteiger partial charge < -0.3 is 9.84 Å². The Labute approximate surface area is 86.1 Å². The summed E-state index contributed by atoms with van der Waals surface area (Å²) in [6.45, 7) is 0. The van der Waals surface area contributed by atoms with Crippen LogP contribution in [0.1, 0.15) is 10.4 Å². The lowest BCUT2D eigenvalue weighted by Gasteiger charge is -2.06. The third-order valence-corrected chi connectivity index (χ3v) is 2.18. The Morgan fingerprint density at radius 2 is 2.20 bits per heavy atom. The molecule has 0 atom stereocenters. The number of carboxylic acid groups (broad SMARTS) is 1. The molecule has 0 bridgehead atoms. The van der Waals surface area contributed by atoms with Gasteiger partial charge in [-0.2, -0.15) is 0 Å². The second kappa shape index (κ2) is 3.57. The van der Waals surface area contributed by atoms with E-state index in [-0.39, 0.29) is 5.56 Å². The lowest BCUT2D eigenvalue weighted by molar-refractivity contribution is 0.0699. The first kappa shape index (κ1) is 9.45. The van der Waals surface area contributed by atoms with Crippen LogP contribution in [0.25, 0.3) is 10.8 Å². The van der Waals surface area contributed by atoms with Crippen LogP contribution in [-0.4, -0.2) is 23.2 Å². The van der Waals surface area contributed by atoms with E-state index in [1.807, 2.05) is 6.07 Å². The minimum Gasteiger partial charge on any atom is -0.481 e. The average molecular weight is 203 g/mol. The second-order valence-corrected chi connectivity index (χ2v) is 3.03. The first-order valence-corrected chi connectivity index (χ1v) is 4.39. The lowest BCUT2D eigenvalue weighted by Crippen LogP contribution is -1.99. The van der Waals surface area contributed by atoms with E-state index in [4.69, 9.17) is 9.84 Å². The molecule has 4 heteroatoms. The molecule has 0 unspecified atom stereocenters. The van der Waals surface area contributed by atoms with Crippen molar-refractivity contribution in [3.8, 4) is 5.88 Å². The van der Waals surface area contributed by atoms with Crippen molar-refractivity contribution in [1.82, 2.24) is 4.98 Å². The van der Waals surface area contributed by atoms with Crippen LogP contribution in [0.15, 0.2) is 30.5 Å². The molecular formula is C11H9NO3. The molecule has 15 heavy (non-hydrogen) atoms. The fraction of sp³-hybridized carbons (Fsp3) is 0.0909. The lowest BCUT2D eigenvalue weighted by atomic mass is 10.1. The quantitative estimate of drug-likeness (QED) is 0.810. The first-order valence-electron chi connectivity index (χ1n) is 4.39. The summed E-state index contributed by atoms with van der Waals surface area (Å²) in [5.41, 5.74) is 0.206. The van der Waals surface area contributed by atoms with Crippen LogP contribution >= 0.6 is 0 Å². The largest absolute Gasteiger partial charge is 0.481 e. The van der Waals surface area contributed by atoms with E-state index in [0.717, 1.165) is 5.39 Å². The second-order valence-electron chi connectivity index (χ2n) is 3.03. The fourth-order valence-electron chi connectivity index (χ4n) is 1.53. The SMILES string of the molecule is COc1nccc2cccc(C(=O)O)c12. The molecule has 0 aliphatic heterocycles. The molecule has 0 fully saturated rings. The monoisotopic (exact) mass is 203 g/mol.